The van der Waals surface area contributed by atoms with Crippen molar-refractivity contribution in [2.24, 2.45) is 11.7 Å². The second-order valence-corrected chi connectivity index (χ2v) is 10.2. The molecule has 0 heterocycles. The summed E-state index contributed by atoms with van der Waals surface area (Å²) < 4.78 is 0. The summed E-state index contributed by atoms with van der Waals surface area (Å²) in [6.07, 6.45) is -3.73. The molecule has 5 amide bonds. The molecule has 0 fully saturated rings. The maximum Gasteiger partial charge on any atom is 0.328 e. The lowest BCUT2D eigenvalue weighted by Crippen LogP contribution is -2.61. The summed E-state index contributed by atoms with van der Waals surface area (Å²) in [5, 5.41) is 57.6. The number of amides is 5. The third kappa shape index (κ3) is 15.2. The summed E-state index contributed by atoms with van der Waals surface area (Å²) in [6, 6.07) is -7.92. The van der Waals surface area contributed by atoms with E-state index in [1.165, 1.54) is 0 Å². The Hall–Kier alpha value is -4.36. The van der Waals surface area contributed by atoms with Crippen molar-refractivity contribution in [1.82, 2.24) is 26.6 Å². The Balaban J connectivity index is 6.01. The van der Waals surface area contributed by atoms with E-state index in [2.05, 4.69) is 26.6 Å². The van der Waals surface area contributed by atoms with E-state index in [9.17, 15) is 48.6 Å². The number of hydrogen-bond donors (Lipinski definition) is 11. The van der Waals surface area contributed by atoms with Crippen LogP contribution in [0.2, 0.25) is 0 Å². The average Bonchev–Trinajstić information content (AvgIpc) is 2.92. The van der Waals surface area contributed by atoms with Gasteiger partial charge in [-0.05, 0) is 32.1 Å². The molecule has 12 N–H and O–H groups in total. The Bertz CT molecular complexity index is 1050. The van der Waals surface area contributed by atoms with Crippen LogP contribution in [0.25, 0.3) is 0 Å². The van der Waals surface area contributed by atoms with Gasteiger partial charge >= 0.3 is 17.9 Å². The van der Waals surface area contributed by atoms with Gasteiger partial charge in [0.25, 0.3) is 0 Å². The van der Waals surface area contributed by atoms with Crippen LogP contribution in [0, 0.1) is 5.92 Å². The van der Waals surface area contributed by atoms with E-state index in [-0.39, 0.29) is 12.3 Å². The fourth-order valence-corrected chi connectivity index (χ4v) is 3.68. The van der Waals surface area contributed by atoms with E-state index in [4.69, 9.17) is 21.1 Å². The molecule has 0 aliphatic rings. The van der Waals surface area contributed by atoms with Gasteiger partial charge in [-0.1, -0.05) is 13.8 Å². The molecule has 0 radical (unpaired) electrons. The van der Waals surface area contributed by atoms with Gasteiger partial charge < -0.3 is 57.9 Å². The largest absolute Gasteiger partial charge is 0.481 e. The number of aliphatic hydroxyl groups excluding tert-OH is 2. The Morgan fingerprint density at radius 3 is 1.48 bits per heavy atom. The van der Waals surface area contributed by atoms with E-state index >= 15 is 0 Å². The standard InChI is InChI=1S/C25H42N6O13/c1-11(2)8-15(23(41)30-16(10-32)25(43)44)29-21(39)14(5-7-19(37)38)28-24(42)20(12(3)33)31-22(40)13(4-6-18(35)36)27-17(34)9-26/h11-16,20,32-33H,4-10,26H2,1-3H3,(H,27,34)(H,28,42)(H,29,39)(H,30,41)(H,31,40)(H,35,36)(H,37,38)(H,43,44)/t12-,13+,14+,15+,16+,20+/m1/s1. The van der Waals surface area contributed by atoms with Gasteiger partial charge in [-0.3, -0.25) is 33.6 Å². The van der Waals surface area contributed by atoms with Crippen LogP contribution in [-0.4, -0.2) is 122 Å². The lowest BCUT2D eigenvalue weighted by molar-refractivity contribution is -0.143. The Kier molecular flexibility index (Phi) is 17.8. The van der Waals surface area contributed by atoms with Crippen molar-refractivity contribution < 1.29 is 63.9 Å². The molecular formula is C25H42N6O13. The highest BCUT2D eigenvalue weighted by molar-refractivity contribution is 5.96. The molecule has 0 rings (SSSR count). The van der Waals surface area contributed by atoms with Crippen LogP contribution in [0.3, 0.4) is 0 Å². The number of hydrogen-bond acceptors (Lipinski definition) is 11. The fraction of sp³-hybridized carbons (Fsp3) is 0.680. The summed E-state index contributed by atoms with van der Waals surface area (Å²) in [6.45, 7) is 2.99. The van der Waals surface area contributed by atoms with Gasteiger partial charge in [-0.15, -0.1) is 0 Å². The smallest absolute Gasteiger partial charge is 0.328 e. The first-order valence-corrected chi connectivity index (χ1v) is 13.6. The van der Waals surface area contributed by atoms with Gasteiger partial charge in [-0.2, -0.15) is 0 Å². The van der Waals surface area contributed by atoms with Gasteiger partial charge in [-0.25, -0.2) is 4.79 Å². The Morgan fingerprint density at radius 2 is 1.07 bits per heavy atom. The SMILES string of the molecule is CC(C)C[C@H](NC(=O)[C@H](CCC(=O)O)NC(=O)[C@@H](NC(=O)[C@H](CCC(=O)O)NC(=O)CN)[C@@H](C)O)C(=O)N[C@@H](CO)C(=O)O. The first-order chi connectivity index (χ1) is 20.4. The van der Waals surface area contributed by atoms with Crippen LogP contribution in [-0.2, 0) is 38.4 Å². The minimum Gasteiger partial charge on any atom is -0.481 e. The van der Waals surface area contributed by atoms with Gasteiger partial charge in [0.2, 0.25) is 29.5 Å². The van der Waals surface area contributed by atoms with E-state index in [0.717, 1.165) is 6.92 Å². The van der Waals surface area contributed by atoms with Gasteiger partial charge in [0.05, 0.1) is 19.3 Å². The van der Waals surface area contributed by atoms with Crippen molar-refractivity contribution in [3.8, 4) is 0 Å². The molecule has 0 spiro atoms. The lowest BCUT2D eigenvalue weighted by atomic mass is 10.0. The summed E-state index contributed by atoms with van der Waals surface area (Å²) in [5.74, 6) is -9.48. The molecule has 6 atom stereocenters. The molecular weight excluding hydrogens is 592 g/mol. The summed E-state index contributed by atoms with van der Waals surface area (Å²) in [7, 11) is 0. The molecule has 0 saturated carbocycles. The van der Waals surface area contributed by atoms with Crippen LogP contribution in [0.4, 0.5) is 0 Å². The number of aliphatic carboxylic acids is 3. The number of rotatable bonds is 21. The highest BCUT2D eigenvalue weighted by Gasteiger charge is 2.34. The monoisotopic (exact) mass is 634 g/mol. The summed E-state index contributed by atoms with van der Waals surface area (Å²) in [5.41, 5.74) is 5.22. The average molecular weight is 635 g/mol. The molecule has 44 heavy (non-hydrogen) atoms. The number of nitrogens with two attached hydrogens (primary N) is 1. The molecule has 0 aliphatic carbocycles. The minimum atomic E-state index is -1.78. The van der Waals surface area contributed by atoms with Crippen LogP contribution in [0.1, 0.15) is 52.9 Å². The Morgan fingerprint density at radius 1 is 0.636 bits per heavy atom. The molecule has 0 aromatic rings. The van der Waals surface area contributed by atoms with E-state index in [0.29, 0.717) is 0 Å². The normalized spacial score (nSPS) is 15.0. The van der Waals surface area contributed by atoms with Crippen molar-refractivity contribution in [2.45, 2.75) is 89.2 Å². The molecule has 0 unspecified atom stereocenters. The fourth-order valence-electron chi connectivity index (χ4n) is 3.68. The predicted molar refractivity (Wildman–Crippen MR) is 148 cm³/mol. The maximum atomic E-state index is 13.2. The molecule has 19 heteroatoms. The summed E-state index contributed by atoms with van der Waals surface area (Å²) in [4.78, 5) is 97.0. The van der Waals surface area contributed by atoms with Crippen molar-refractivity contribution in [2.75, 3.05) is 13.2 Å². The molecule has 250 valence electrons. The third-order valence-corrected chi connectivity index (χ3v) is 5.96. The van der Waals surface area contributed by atoms with Crippen molar-refractivity contribution in [3.63, 3.8) is 0 Å². The third-order valence-electron chi connectivity index (χ3n) is 5.96. The molecule has 19 nitrogen and oxygen atoms in total. The number of aliphatic hydroxyl groups is 2. The van der Waals surface area contributed by atoms with Crippen LogP contribution in [0.5, 0.6) is 0 Å². The molecule has 0 aromatic heterocycles. The van der Waals surface area contributed by atoms with Crippen molar-refractivity contribution in [1.29, 1.82) is 0 Å². The highest BCUT2D eigenvalue weighted by Crippen LogP contribution is 2.09. The zero-order valence-electron chi connectivity index (χ0n) is 24.6. The van der Waals surface area contributed by atoms with Crippen LogP contribution >= 0.6 is 0 Å². The molecule has 0 aromatic carbocycles. The second kappa shape index (κ2) is 19.8. The zero-order valence-corrected chi connectivity index (χ0v) is 24.6. The molecule has 0 bridgehead atoms. The van der Waals surface area contributed by atoms with E-state index in [1.54, 1.807) is 13.8 Å². The number of carbonyl (C=O) groups excluding carboxylic acids is 5. The van der Waals surface area contributed by atoms with Gasteiger partial charge in [0.15, 0.2) is 0 Å². The zero-order chi connectivity index (χ0) is 34.1. The highest BCUT2D eigenvalue weighted by atomic mass is 16.4. The van der Waals surface area contributed by atoms with Gasteiger partial charge in [0, 0.05) is 12.8 Å². The summed E-state index contributed by atoms with van der Waals surface area (Å²) >= 11 is 0. The molecule has 0 saturated heterocycles. The van der Waals surface area contributed by atoms with Crippen LogP contribution < -0.4 is 32.3 Å². The van der Waals surface area contributed by atoms with Gasteiger partial charge in [0.1, 0.15) is 30.2 Å². The first-order valence-electron chi connectivity index (χ1n) is 13.6. The number of carboxylic acids is 3. The van der Waals surface area contributed by atoms with E-state index in [1.807, 2.05) is 0 Å². The minimum absolute atomic E-state index is 0.0203. The lowest BCUT2D eigenvalue weighted by Gasteiger charge is -2.28. The maximum absolute atomic E-state index is 13.2. The molecule has 0 aliphatic heterocycles. The first kappa shape index (κ1) is 39.6. The predicted octanol–water partition coefficient (Wildman–Crippen LogP) is -4.40. The van der Waals surface area contributed by atoms with Crippen molar-refractivity contribution in [3.05, 3.63) is 0 Å². The number of carbonyl (C=O) groups is 8. The van der Waals surface area contributed by atoms with E-state index < -0.39 is 123 Å². The van der Waals surface area contributed by atoms with Crippen molar-refractivity contribution >= 4 is 47.4 Å². The number of nitrogens with one attached hydrogen (secondary N) is 5. The topological polar surface area (TPSA) is 324 Å². The number of carboxylic acid groups (broad SMARTS) is 3. The van der Waals surface area contributed by atoms with Crippen LogP contribution in [0.15, 0.2) is 0 Å². The quantitative estimate of drug-likeness (QED) is 0.0568. The second-order valence-electron chi connectivity index (χ2n) is 10.2. The Labute approximate surface area is 252 Å².